The second-order valence-corrected chi connectivity index (χ2v) is 6.25. The van der Waals surface area contributed by atoms with E-state index in [1.165, 1.54) is 18.3 Å². The Morgan fingerprint density at radius 1 is 0.862 bits per heavy atom. The van der Waals surface area contributed by atoms with Crippen molar-refractivity contribution < 1.29 is 14.0 Å². The zero-order chi connectivity index (χ0) is 20.5. The molecule has 0 radical (unpaired) electrons. The second kappa shape index (κ2) is 9.94. The highest BCUT2D eigenvalue weighted by atomic mass is 19.1. The van der Waals surface area contributed by atoms with E-state index in [1.807, 2.05) is 60.7 Å². The van der Waals surface area contributed by atoms with Gasteiger partial charge in [0.15, 0.2) is 0 Å². The molecule has 0 spiro atoms. The van der Waals surface area contributed by atoms with E-state index in [0.717, 1.165) is 11.4 Å². The molecule has 0 heterocycles. The monoisotopic (exact) mass is 389 g/mol. The van der Waals surface area contributed by atoms with Crippen LogP contribution in [0, 0.1) is 5.82 Å². The topological polar surface area (TPSA) is 61.8 Å². The number of carbonyl (C=O) groups is 2. The molecule has 6 heteroatoms. The van der Waals surface area contributed by atoms with Gasteiger partial charge in [-0.2, -0.15) is 5.10 Å². The highest BCUT2D eigenvalue weighted by molar-refractivity contribution is 6.01. The van der Waals surface area contributed by atoms with E-state index < -0.39 is 5.91 Å². The molecule has 5 nitrogen and oxygen atoms in total. The Morgan fingerprint density at radius 3 is 2.07 bits per heavy atom. The number of rotatable bonds is 7. The molecular weight excluding hydrogens is 369 g/mol. The molecule has 2 amide bonds. The van der Waals surface area contributed by atoms with Gasteiger partial charge in [0.25, 0.3) is 0 Å². The fraction of sp³-hybridized carbons (Fsp3) is 0.0870. The van der Waals surface area contributed by atoms with Crippen molar-refractivity contribution in [3.05, 3.63) is 96.3 Å². The van der Waals surface area contributed by atoms with E-state index in [1.54, 1.807) is 17.0 Å². The van der Waals surface area contributed by atoms with Crippen LogP contribution < -0.4 is 10.3 Å². The second-order valence-electron chi connectivity index (χ2n) is 6.25. The van der Waals surface area contributed by atoms with Gasteiger partial charge in [0, 0.05) is 24.2 Å². The average molecular weight is 389 g/mol. The molecule has 146 valence electrons. The molecule has 1 N–H and O–H groups in total. The number of amides is 2. The van der Waals surface area contributed by atoms with Gasteiger partial charge in [-0.05, 0) is 42.0 Å². The fourth-order valence-corrected chi connectivity index (χ4v) is 2.75. The van der Waals surface area contributed by atoms with Crippen LogP contribution in [0.4, 0.5) is 15.8 Å². The van der Waals surface area contributed by atoms with Crippen molar-refractivity contribution in [2.45, 2.75) is 12.8 Å². The molecule has 3 aromatic rings. The molecule has 0 aliphatic heterocycles. The summed E-state index contributed by atoms with van der Waals surface area (Å²) in [5, 5.41) is 3.81. The fourth-order valence-electron chi connectivity index (χ4n) is 2.75. The summed E-state index contributed by atoms with van der Waals surface area (Å²) in [6.07, 6.45) is 1.35. The molecule has 0 unspecified atom stereocenters. The SMILES string of the molecule is O=C(CCC(=O)N(c1ccccc1)c1ccccc1)N/N=C\c1cccc(F)c1. The van der Waals surface area contributed by atoms with Crippen LogP contribution in [0.1, 0.15) is 18.4 Å². The number of anilines is 2. The van der Waals surface area contributed by atoms with Gasteiger partial charge in [0.2, 0.25) is 11.8 Å². The summed E-state index contributed by atoms with van der Waals surface area (Å²) in [5.41, 5.74) is 4.35. The molecule has 3 aromatic carbocycles. The Hall–Kier alpha value is -3.80. The lowest BCUT2D eigenvalue weighted by molar-refractivity contribution is -0.124. The minimum atomic E-state index is -0.396. The van der Waals surface area contributed by atoms with E-state index in [0.29, 0.717) is 5.56 Å². The standard InChI is InChI=1S/C23H20FN3O2/c24-19-9-7-8-18(16-19)17-25-26-22(28)14-15-23(29)27(20-10-3-1-4-11-20)21-12-5-2-6-13-21/h1-13,16-17H,14-15H2,(H,26,28)/b25-17-. The maximum absolute atomic E-state index is 13.1. The van der Waals surface area contributed by atoms with Crippen LogP contribution in [0.15, 0.2) is 90.0 Å². The van der Waals surface area contributed by atoms with E-state index in [9.17, 15) is 14.0 Å². The minimum Gasteiger partial charge on any atom is -0.281 e. The number of hydrazone groups is 1. The summed E-state index contributed by atoms with van der Waals surface area (Å²) >= 11 is 0. The molecule has 0 saturated heterocycles. The number of carbonyl (C=O) groups excluding carboxylic acids is 2. The van der Waals surface area contributed by atoms with Crippen molar-refractivity contribution >= 4 is 29.4 Å². The quantitative estimate of drug-likeness (QED) is 0.480. The maximum atomic E-state index is 13.1. The van der Waals surface area contributed by atoms with E-state index in [4.69, 9.17) is 0 Å². The third kappa shape index (κ3) is 5.84. The summed E-state index contributed by atoms with van der Waals surface area (Å²) in [5.74, 6) is -0.980. The van der Waals surface area contributed by atoms with Crippen LogP contribution in [-0.4, -0.2) is 18.0 Å². The summed E-state index contributed by atoms with van der Waals surface area (Å²) in [6, 6.07) is 24.4. The number of halogens is 1. The summed E-state index contributed by atoms with van der Waals surface area (Å²) in [4.78, 5) is 26.5. The first-order valence-electron chi connectivity index (χ1n) is 9.14. The van der Waals surface area contributed by atoms with Crippen molar-refractivity contribution in [1.29, 1.82) is 0 Å². The number of nitrogens with one attached hydrogen (secondary N) is 1. The van der Waals surface area contributed by atoms with E-state index >= 15 is 0 Å². The van der Waals surface area contributed by atoms with Gasteiger partial charge in [0.05, 0.1) is 6.21 Å². The Balaban J connectivity index is 1.60. The number of benzene rings is 3. The van der Waals surface area contributed by atoms with Crippen LogP contribution in [0.3, 0.4) is 0 Å². The lowest BCUT2D eigenvalue weighted by Crippen LogP contribution is -2.27. The Morgan fingerprint density at radius 2 is 1.48 bits per heavy atom. The van der Waals surface area contributed by atoms with Gasteiger partial charge >= 0.3 is 0 Å². The predicted molar refractivity (Wildman–Crippen MR) is 111 cm³/mol. The molecule has 0 atom stereocenters. The largest absolute Gasteiger partial charge is 0.281 e. The number of hydrogen-bond acceptors (Lipinski definition) is 3. The number of hydrogen-bond donors (Lipinski definition) is 1. The van der Waals surface area contributed by atoms with Crippen LogP contribution in [0.5, 0.6) is 0 Å². The molecular formula is C23H20FN3O2. The third-order valence-electron chi connectivity index (χ3n) is 4.10. The highest BCUT2D eigenvalue weighted by Gasteiger charge is 2.18. The van der Waals surface area contributed by atoms with Gasteiger partial charge in [-0.15, -0.1) is 0 Å². The van der Waals surface area contributed by atoms with Gasteiger partial charge in [-0.25, -0.2) is 9.82 Å². The number of para-hydroxylation sites is 2. The average Bonchev–Trinajstić information content (AvgIpc) is 2.74. The first kappa shape index (κ1) is 19.9. The Kier molecular flexibility index (Phi) is 6.84. The lowest BCUT2D eigenvalue weighted by atomic mass is 10.2. The number of nitrogens with zero attached hydrogens (tertiary/aromatic N) is 2. The van der Waals surface area contributed by atoms with Crippen LogP contribution in [0.25, 0.3) is 0 Å². The molecule has 29 heavy (non-hydrogen) atoms. The smallest absolute Gasteiger partial charge is 0.240 e. The van der Waals surface area contributed by atoms with E-state index in [2.05, 4.69) is 10.5 Å². The van der Waals surface area contributed by atoms with Gasteiger partial charge in [-0.1, -0.05) is 48.5 Å². The minimum absolute atomic E-state index is 0.0184. The zero-order valence-electron chi connectivity index (χ0n) is 15.7. The summed E-state index contributed by atoms with van der Waals surface area (Å²) < 4.78 is 13.1. The Bertz CT molecular complexity index is 952. The van der Waals surface area contributed by atoms with Crippen molar-refractivity contribution in [2.75, 3.05) is 4.90 Å². The van der Waals surface area contributed by atoms with Crippen molar-refractivity contribution in [1.82, 2.24) is 5.43 Å². The molecule has 0 fully saturated rings. The van der Waals surface area contributed by atoms with Crippen LogP contribution in [-0.2, 0) is 9.59 Å². The molecule has 0 bridgehead atoms. The van der Waals surface area contributed by atoms with Crippen LogP contribution in [0.2, 0.25) is 0 Å². The van der Waals surface area contributed by atoms with E-state index in [-0.39, 0.29) is 24.6 Å². The highest BCUT2D eigenvalue weighted by Crippen LogP contribution is 2.26. The third-order valence-corrected chi connectivity index (χ3v) is 4.10. The van der Waals surface area contributed by atoms with Gasteiger partial charge in [0.1, 0.15) is 5.82 Å². The first-order valence-corrected chi connectivity index (χ1v) is 9.14. The zero-order valence-corrected chi connectivity index (χ0v) is 15.7. The normalized spacial score (nSPS) is 10.7. The van der Waals surface area contributed by atoms with Crippen molar-refractivity contribution in [2.24, 2.45) is 5.10 Å². The summed E-state index contributed by atoms with van der Waals surface area (Å²) in [6.45, 7) is 0. The molecule has 3 rings (SSSR count). The summed E-state index contributed by atoms with van der Waals surface area (Å²) in [7, 11) is 0. The predicted octanol–water partition coefficient (Wildman–Crippen LogP) is 4.42. The molecule has 0 saturated carbocycles. The lowest BCUT2D eigenvalue weighted by Gasteiger charge is -2.23. The first-order chi connectivity index (χ1) is 14.1. The molecule has 0 aliphatic rings. The van der Waals surface area contributed by atoms with Crippen molar-refractivity contribution in [3.63, 3.8) is 0 Å². The van der Waals surface area contributed by atoms with Gasteiger partial charge in [-0.3, -0.25) is 14.5 Å². The Labute approximate surface area is 168 Å². The maximum Gasteiger partial charge on any atom is 0.240 e. The molecule has 0 aromatic heterocycles. The van der Waals surface area contributed by atoms with Crippen molar-refractivity contribution in [3.8, 4) is 0 Å². The van der Waals surface area contributed by atoms with Gasteiger partial charge < -0.3 is 0 Å². The molecule has 0 aliphatic carbocycles. The van der Waals surface area contributed by atoms with Crippen LogP contribution >= 0.6 is 0 Å².